The predicted octanol–water partition coefficient (Wildman–Crippen LogP) is 3.33. The van der Waals surface area contributed by atoms with E-state index >= 15 is 0 Å². The van der Waals surface area contributed by atoms with E-state index in [1.165, 1.54) is 31.0 Å². The van der Waals surface area contributed by atoms with Gasteiger partial charge >= 0.3 is 0 Å². The molecule has 0 saturated carbocycles. The van der Waals surface area contributed by atoms with Gasteiger partial charge in [0.25, 0.3) is 0 Å². The average Bonchev–Trinajstić information content (AvgIpc) is 2.21. The highest BCUT2D eigenvalue weighted by Gasteiger charge is 2.05. The van der Waals surface area contributed by atoms with Gasteiger partial charge in [-0.3, -0.25) is 10.8 Å². The Kier molecular flexibility index (Phi) is 8.80. The lowest BCUT2D eigenvalue weighted by atomic mass is 10.2. The van der Waals surface area contributed by atoms with Crippen LogP contribution in [0, 0.1) is 5.41 Å². The molecule has 0 spiro atoms. The summed E-state index contributed by atoms with van der Waals surface area (Å²) in [6.07, 6.45) is 9.19. The molecule has 0 amide bonds. The molecule has 0 aromatic rings. The molecule has 15 heavy (non-hydrogen) atoms. The number of nitrogens with zero attached hydrogens (tertiary/aromatic N) is 1. The third-order valence-corrected chi connectivity index (χ3v) is 2.77. The largest absolute Gasteiger partial charge is 0.277 e. The second-order valence-corrected chi connectivity index (χ2v) is 4.22. The van der Waals surface area contributed by atoms with Crippen LogP contribution < -0.4 is 5.43 Å². The number of hydrazone groups is 1. The van der Waals surface area contributed by atoms with E-state index in [1.807, 2.05) is 0 Å². The molecular weight excluding hydrogens is 274 g/mol. The van der Waals surface area contributed by atoms with E-state index in [9.17, 15) is 0 Å². The zero-order valence-electron chi connectivity index (χ0n) is 8.95. The van der Waals surface area contributed by atoms with Crippen LogP contribution in [0.2, 0.25) is 0 Å². The number of unbranched alkanes of at least 4 members (excludes halogenated alkanes) is 3. The molecule has 0 saturated heterocycles. The Hall–Kier alpha value is -0.290. The van der Waals surface area contributed by atoms with E-state index in [2.05, 4.69) is 29.6 Å². The third-order valence-electron chi connectivity index (χ3n) is 1.95. The zero-order valence-corrected chi connectivity index (χ0v) is 11.5. The van der Waals surface area contributed by atoms with Crippen molar-refractivity contribution in [3.05, 3.63) is 12.2 Å². The van der Waals surface area contributed by atoms with E-state index in [0.29, 0.717) is 5.17 Å². The van der Waals surface area contributed by atoms with Crippen molar-refractivity contribution in [2.75, 3.05) is 5.75 Å². The second-order valence-electron chi connectivity index (χ2n) is 3.23. The molecule has 0 bridgehead atoms. The van der Waals surface area contributed by atoms with Crippen LogP contribution in [-0.4, -0.2) is 16.6 Å². The molecule has 0 aromatic carbocycles. The molecule has 1 rings (SSSR count). The van der Waals surface area contributed by atoms with E-state index in [1.54, 1.807) is 0 Å². The van der Waals surface area contributed by atoms with Gasteiger partial charge in [-0.2, -0.15) is 5.10 Å². The first-order valence-electron chi connectivity index (χ1n) is 5.03. The van der Waals surface area contributed by atoms with Crippen molar-refractivity contribution in [1.82, 2.24) is 5.43 Å². The van der Waals surface area contributed by atoms with Crippen LogP contribution in [0.4, 0.5) is 0 Å². The fourth-order valence-corrected chi connectivity index (χ4v) is 1.71. The maximum atomic E-state index is 7.27. The molecule has 0 fully saturated rings. The zero-order chi connectivity index (χ0) is 10.2. The minimum Gasteiger partial charge on any atom is -0.277 e. The normalized spacial score (nSPS) is 15.8. The summed E-state index contributed by atoms with van der Waals surface area (Å²) in [5.74, 6) is 0.816. The minimum atomic E-state index is 0. The predicted molar refractivity (Wildman–Crippen MR) is 74.4 cm³/mol. The lowest BCUT2D eigenvalue weighted by molar-refractivity contribution is 0.729. The van der Waals surface area contributed by atoms with Crippen LogP contribution in [0.15, 0.2) is 17.3 Å². The molecule has 2 N–H and O–H groups in total. The SMILES string of the molecule is Br.CCCCC/C=C/C1=NNC(=N)SC1. The van der Waals surface area contributed by atoms with Crippen molar-refractivity contribution in [2.45, 2.75) is 32.6 Å². The number of nitrogens with one attached hydrogen (secondary N) is 2. The first-order chi connectivity index (χ1) is 6.83. The fourth-order valence-electron chi connectivity index (χ4n) is 1.15. The number of allylic oxidation sites excluding steroid dienone is 2. The lowest BCUT2D eigenvalue weighted by Crippen LogP contribution is -2.22. The Morgan fingerprint density at radius 1 is 1.53 bits per heavy atom. The van der Waals surface area contributed by atoms with Crippen LogP contribution in [0.3, 0.4) is 0 Å². The summed E-state index contributed by atoms with van der Waals surface area (Å²) in [5, 5.41) is 11.8. The van der Waals surface area contributed by atoms with Crippen molar-refractivity contribution >= 4 is 39.6 Å². The minimum absolute atomic E-state index is 0. The van der Waals surface area contributed by atoms with Crippen molar-refractivity contribution in [1.29, 1.82) is 5.41 Å². The maximum absolute atomic E-state index is 7.27. The molecule has 0 radical (unpaired) electrons. The monoisotopic (exact) mass is 291 g/mol. The Labute approximate surface area is 106 Å². The summed E-state index contributed by atoms with van der Waals surface area (Å²) in [7, 11) is 0. The van der Waals surface area contributed by atoms with Gasteiger partial charge in [-0.1, -0.05) is 37.6 Å². The Balaban J connectivity index is 0.00000196. The summed E-state index contributed by atoms with van der Waals surface area (Å²) in [6.45, 7) is 2.21. The second kappa shape index (κ2) is 8.97. The van der Waals surface area contributed by atoms with Crippen LogP contribution in [0.25, 0.3) is 0 Å². The standard InChI is InChI=1S/C10H17N3S.BrH/c1-2-3-4-5-6-7-9-8-14-10(11)13-12-9;/h6-7H,2-5,8H2,1H3,(H2,11,13);1H/b7-6+;. The highest BCUT2D eigenvalue weighted by Crippen LogP contribution is 2.07. The van der Waals surface area contributed by atoms with Crippen molar-refractivity contribution in [2.24, 2.45) is 5.10 Å². The van der Waals surface area contributed by atoms with Gasteiger partial charge in [0.1, 0.15) is 0 Å². The van der Waals surface area contributed by atoms with E-state index in [4.69, 9.17) is 5.41 Å². The number of hydrogen-bond acceptors (Lipinski definition) is 3. The van der Waals surface area contributed by atoms with Gasteiger partial charge in [-0.25, -0.2) is 0 Å². The highest BCUT2D eigenvalue weighted by atomic mass is 79.9. The Bertz CT molecular complexity index is 251. The third kappa shape index (κ3) is 6.73. The highest BCUT2D eigenvalue weighted by molar-refractivity contribution is 8.93. The quantitative estimate of drug-likeness (QED) is 0.764. The van der Waals surface area contributed by atoms with Crippen molar-refractivity contribution in [3.63, 3.8) is 0 Å². The van der Waals surface area contributed by atoms with Gasteiger partial charge in [0, 0.05) is 5.75 Å². The van der Waals surface area contributed by atoms with Crippen molar-refractivity contribution in [3.8, 4) is 0 Å². The summed E-state index contributed by atoms with van der Waals surface area (Å²) >= 11 is 1.48. The number of amidine groups is 1. The molecule has 0 atom stereocenters. The molecule has 0 unspecified atom stereocenters. The number of halogens is 1. The topological polar surface area (TPSA) is 48.2 Å². The van der Waals surface area contributed by atoms with Gasteiger partial charge < -0.3 is 0 Å². The smallest absolute Gasteiger partial charge is 0.174 e. The molecule has 1 aliphatic rings. The average molecular weight is 292 g/mol. The first-order valence-corrected chi connectivity index (χ1v) is 6.02. The molecule has 86 valence electrons. The molecule has 0 aromatic heterocycles. The number of thioether (sulfide) groups is 1. The molecular formula is C10H18BrN3S. The van der Waals surface area contributed by atoms with Gasteiger partial charge in [0.15, 0.2) is 5.17 Å². The summed E-state index contributed by atoms with van der Waals surface area (Å²) in [4.78, 5) is 0. The maximum Gasteiger partial charge on any atom is 0.174 e. The molecule has 5 heteroatoms. The van der Waals surface area contributed by atoms with Crippen LogP contribution >= 0.6 is 28.7 Å². The van der Waals surface area contributed by atoms with Crippen LogP contribution in [-0.2, 0) is 0 Å². The molecule has 0 aliphatic carbocycles. The summed E-state index contributed by atoms with van der Waals surface area (Å²) < 4.78 is 0. The molecule has 3 nitrogen and oxygen atoms in total. The van der Waals surface area contributed by atoms with Crippen molar-refractivity contribution < 1.29 is 0 Å². The fraction of sp³-hybridized carbons (Fsp3) is 0.600. The van der Waals surface area contributed by atoms with Gasteiger partial charge in [0.05, 0.1) is 5.71 Å². The first kappa shape index (κ1) is 14.7. The Morgan fingerprint density at radius 3 is 2.93 bits per heavy atom. The van der Waals surface area contributed by atoms with Gasteiger partial charge in [-0.05, 0) is 18.9 Å². The van der Waals surface area contributed by atoms with Crippen LogP contribution in [0.5, 0.6) is 0 Å². The summed E-state index contributed by atoms with van der Waals surface area (Å²) in [6, 6.07) is 0. The molecule has 1 heterocycles. The lowest BCUT2D eigenvalue weighted by Gasteiger charge is -2.09. The number of hydrogen-bond donors (Lipinski definition) is 2. The van der Waals surface area contributed by atoms with E-state index in [0.717, 1.165) is 17.9 Å². The number of rotatable bonds is 5. The Morgan fingerprint density at radius 2 is 2.33 bits per heavy atom. The van der Waals surface area contributed by atoms with E-state index in [-0.39, 0.29) is 17.0 Å². The van der Waals surface area contributed by atoms with Gasteiger partial charge in [-0.15, -0.1) is 17.0 Å². The molecule has 1 aliphatic heterocycles. The van der Waals surface area contributed by atoms with Gasteiger partial charge in [0.2, 0.25) is 0 Å². The van der Waals surface area contributed by atoms with E-state index < -0.39 is 0 Å². The summed E-state index contributed by atoms with van der Waals surface area (Å²) in [5.41, 5.74) is 3.70. The van der Waals surface area contributed by atoms with Crippen LogP contribution in [0.1, 0.15) is 32.6 Å².